The molecule has 1 aliphatic heterocycles. The molecule has 0 bridgehead atoms. The highest BCUT2D eigenvalue weighted by Crippen LogP contribution is 2.30. The van der Waals surface area contributed by atoms with Crippen LogP contribution in [0.5, 0.6) is 0 Å². The Kier molecular flexibility index (Phi) is 5.17. The smallest absolute Gasteiger partial charge is 0.123 e. The van der Waals surface area contributed by atoms with Crippen molar-refractivity contribution in [3.8, 4) is 0 Å². The molecule has 144 valence electrons. The lowest BCUT2D eigenvalue weighted by Gasteiger charge is -2.33. The van der Waals surface area contributed by atoms with E-state index >= 15 is 0 Å². The van der Waals surface area contributed by atoms with Crippen LogP contribution in [0.25, 0.3) is 11.0 Å². The molecule has 0 spiro atoms. The fourth-order valence-corrected chi connectivity index (χ4v) is 3.93. The Morgan fingerprint density at radius 3 is 2.71 bits per heavy atom. The number of imidazole rings is 1. The third-order valence-electron chi connectivity index (χ3n) is 5.51. The van der Waals surface area contributed by atoms with Gasteiger partial charge in [0.1, 0.15) is 6.17 Å². The standard InChI is InChI=1S/C23H27N5/c1-17(25-15-19-9-4-3-5-10-19)21-13-8-14-27(21)18(2)23(24)28-16-26-20-11-6-7-12-22(20)28/h3-7,9-12,16,21,23,25H,1-2,8,13-15,24H2. The number of fused-ring (bicyclic) bond motifs is 1. The number of benzene rings is 2. The molecule has 5 nitrogen and oxygen atoms in total. The van der Waals surface area contributed by atoms with E-state index in [-0.39, 0.29) is 12.2 Å². The van der Waals surface area contributed by atoms with E-state index in [1.165, 1.54) is 5.56 Å². The molecule has 4 rings (SSSR count). The molecule has 2 unspecified atom stereocenters. The van der Waals surface area contributed by atoms with Crippen molar-refractivity contribution in [2.45, 2.75) is 31.6 Å². The van der Waals surface area contributed by atoms with E-state index < -0.39 is 0 Å². The summed E-state index contributed by atoms with van der Waals surface area (Å²) < 4.78 is 1.99. The van der Waals surface area contributed by atoms with Crippen molar-refractivity contribution in [2.24, 2.45) is 5.73 Å². The molecule has 2 heterocycles. The number of nitrogens with two attached hydrogens (primary N) is 1. The van der Waals surface area contributed by atoms with E-state index in [1.807, 2.05) is 34.9 Å². The lowest BCUT2D eigenvalue weighted by molar-refractivity contribution is 0.304. The number of nitrogens with zero attached hydrogens (tertiary/aromatic N) is 3. The van der Waals surface area contributed by atoms with Gasteiger partial charge < -0.3 is 20.5 Å². The Morgan fingerprint density at radius 1 is 1.14 bits per heavy atom. The molecular weight excluding hydrogens is 346 g/mol. The van der Waals surface area contributed by atoms with Crippen molar-refractivity contribution in [1.29, 1.82) is 0 Å². The number of hydrogen-bond donors (Lipinski definition) is 2. The summed E-state index contributed by atoms with van der Waals surface area (Å²) >= 11 is 0. The SMILES string of the molecule is C=C(NCc1ccccc1)C1CCCN1C(=C)C(N)n1cnc2ccccc21. The summed E-state index contributed by atoms with van der Waals surface area (Å²) in [6.07, 6.45) is 3.60. The van der Waals surface area contributed by atoms with E-state index in [2.05, 4.69) is 52.6 Å². The first-order chi connectivity index (χ1) is 13.6. The van der Waals surface area contributed by atoms with Crippen LogP contribution in [0, 0.1) is 0 Å². The van der Waals surface area contributed by atoms with Crippen molar-refractivity contribution in [3.05, 3.63) is 91.0 Å². The Balaban J connectivity index is 1.46. The van der Waals surface area contributed by atoms with Crippen molar-refractivity contribution < 1.29 is 0 Å². The van der Waals surface area contributed by atoms with E-state index in [0.717, 1.165) is 48.4 Å². The predicted octanol–water partition coefficient (Wildman–Crippen LogP) is 3.78. The summed E-state index contributed by atoms with van der Waals surface area (Å²) in [4.78, 5) is 6.75. The number of likely N-dealkylation sites (tertiary alicyclic amines) is 1. The van der Waals surface area contributed by atoms with Crippen LogP contribution in [0.2, 0.25) is 0 Å². The van der Waals surface area contributed by atoms with Crippen LogP contribution in [-0.4, -0.2) is 27.0 Å². The maximum atomic E-state index is 6.59. The number of nitrogens with one attached hydrogen (secondary N) is 1. The third-order valence-corrected chi connectivity index (χ3v) is 5.51. The molecule has 0 amide bonds. The highest BCUT2D eigenvalue weighted by molar-refractivity contribution is 5.75. The minimum absolute atomic E-state index is 0.206. The van der Waals surface area contributed by atoms with Crippen molar-refractivity contribution >= 4 is 11.0 Å². The van der Waals surface area contributed by atoms with Crippen LogP contribution in [0.4, 0.5) is 0 Å². The second-order valence-electron chi connectivity index (χ2n) is 7.29. The largest absolute Gasteiger partial charge is 0.383 e. The maximum absolute atomic E-state index is 6.59. The number of para-hydroxylation sites is 2. The van der Waals surface area contributed by atoms with Crippen LogP contribution in [0.3, 0.4) is 0 Å². The van der Waals surface area contributed by atoms with Crippen molar-refractivity contribution in [2.75, 3.05) is 6.54 Å². The monoisotopic (exact) mass is 373 g/mol. The topological polar surface area (TPSA) is 59.1 Å². The number of rotatable bonds is 7. The molecule has 2 atom stereocenters. The molecule has 28 heavy (non-hydrogen) atoms. The fraction of sp³-hybridized carbons (Fsp3) is 0.261. The second kappa shape index (κ2) is 7.90. The van der Waals surface area contributed by atoms with Gasteiger partial charge in [0, 0.05) is 24.5 Å². The lowest BCUT2D eigenvalue weighted by atomic mass is 10.1. The predicted molar refractivity (Wildman–Crippen MR) is 114 cm³/mol. The lowest BCUT2D eigenvalue weighted by Crippen LogP contribution is -2.39. The van der Waals surface area contributed by atoms with Crippen LogP contribution >= 0.6 is 0 Å². The molecule has 5 heteroatoms. The molecule has 0 saturated carbocycles. The molecule has 1 fully saturated rings. The van der Waals surface area contributed by atoms with Crippen LogP contribution < -0.4 is 11.1 Å². The van der Waals surface area contributed by atoms with Gasteiger partial charge in [-0.3, -0.25) is 0 Å². The zero-order valence-electron chi connectivity index (χ0n) is 16.1. The Morgan fingerprint density at radius 2 is 1.89 bits per heavy atom. The van der Waals surface area contributed by atoms with Gasteiger partial charge in [0.05, 0.1) is 23.4 Å². The van der Waals surface area contributed by atoms with E-state index in [9.17, 15) is 0 Å². The van der Waals surface area contributed by atoms with Crippen molar-refractivity contribution in [1.82, 2.24) is 19.8 Å². The average molecular weight is 374 g/mol. The first-order valence-corrected chi connectivity index (χ1v) is 9.74. The molecule has 3 N–H and O–H groups in total. The van der Waals surface area contributed by atoms with E-state index in [0.29, 0.717) is 0 Å². The molecular formula is C23H27N5. The molecule has 0 aliphatic carbocycles. The summed E-state index contributed by atoms with van der Waals surface area (Å²) in [5.41, 5.74) is 11.7. The number of hydrogen-bond acceptors (Lipinski definition) is 4. The normalized spacial score (nSPS) is 17.6. The van der Waals surface area contributed by atoms with Crippen LogP contribution in [0.1, 0.15) is 24.6 Å². The minimum atomic E-state index is -0.352. The van der Waals surface area contributed by atoms with E-state index in [1.54, 1.807) is 6.33 Å². The first kappa shape index (κ1) is 18.3. The van der Waals surface area contributed by atoms with Gasteiger partial charge in [-0.15, -0.1) is 0 Å². The van der Waals surface area contributed by atoms with Gasteiger partial charge >= 0.3 is 0 Å². The molecule has 3 aromatic rings. The van der Waals surface area contributed by atoms with Gasteiger partial charge in [-0.1, -0.05) is 55.6 Å². The third kappa shape index (κ3) is 3.53. The quantitative estimate of drug-likeness (QED) is 0.662. The molecule has 2 aromatic carbocycles. The number of aromatic nitrogens is 2. The van der Waals surface area contributed by atoms with Crippen molar-refractivity contribution in [3.63, 3.8) is 0 Å². The summed E-state index contributed by atoms with van der Waals surface area (Å²) in [6.45, 7) is 10.3. The fourth-order valence-electron chi connectivity index (χ4n) is 3.93. The zero-order chi connectivity index (χ0) is 19.5. The molecule has 0 radical (unpaired) electrons. The second-order valence-corrected chi connectivity index (χ2v) is 7.29. The molecule has 1 saturated heterocycles. The highest BCUT2D eigenvalue weighted by Gasteiger charge is 2.30. The summed E-state index contributed by atoms with van der Waals surface area (Å²) in [7, 11) is 0. The molecule has 1 aliphatic rings. The Labute approximate surface area is 166 Å². The van der Waals surface area contributed by atoms with Gasteiger partial charge in [0.15, 0.2) is 0 Å². The van der Waals surface area contributed by atoms with Crippen LogP contribution in [-0.2, 0) is 6.54 Å². The first-order valence-electron chi connectivity index (χ1n) is 9.74. The summed E-state index contributed by atoms with van der Waals surface area (Å²) in [5, 5.41) is 3.49. The van der Waals surface area contributed by atoms with E-state index in [4.69, 9.17) is 5.73 Å². The Bertz CT molecular complexity index is 975. The Hall–Kier alpha value is -3.05. The molecule has 1 aromatic heterocycles. The summed E-state index contributed by atoms with van der Waals surface area (Å²) in [6, 6.07) is 18.6. The van der Waals surface area contributed by atoms with Gasteiger partial charge in [-0.25, -0.2) is 4.98 Å². The highest BCUT2D eigenvalue weighted by atomic mass is 15.3. The average Bonchev–Trinajstić information content (AvgIpc) is 3.39. The van der Waals surface area contributed by atoms with Gasteiger partial charge in [-0.05, 0) is 30.5 Å². The van der Waals surface area contributed by atoms with Gasteiger partial charge in [0.25, 0.3) is 0 Å². The maximum Gasteiger partial charge on any atom is 0.123 e. The summed E-state index contributed by atoms with van der Waals surface area (Å²) in [5.74, 6) is 0. The minimum Gasteiger partial charge on any atom is -0.383 e. The zero-order valence-corrected chi connectivity index (χ0v) is 16.1. The van der Waals surface area contributed by atoms with Crippen LogP contribution in [0.15, 0.2) is 85.5 Å². The van der Waals surface area contributed by atoms with Gasteiger partial charge in [-0.2, -0.15) is 0 Å². The van der Waals surface area contributed by atoms with Gasteiger partial charge in [0.2, 0.25) is 0 Å².